The molecule has 52 heavy (non-hydrogen) atoms. The summed E-state index contributed by atoms with van der Waals surface area (Å²) >= 11 is 0. The van der Waals surface area contributed by atoms with Crippen LogP contribution >= 0.6 is 0 Å². The minimum Gasteiger partial charge on any atom is -0.508 e. The van der Waals surface area contributed by atoms with Crippen LogP contribution in [0.2, 0.25) is 0 Å². The molecule has 1 aliphatic rings. The zero-order valence-corrected chi connectivity index (χ0v) is 27.5. The summed E-state index contributed by atoms with van der Waals surface area (Å²) in [7, 11) is -4.55. The van der Waals surface area contributed by atoms with Crippen LogP contribution in [0.3, 0.4) is 0 Å². The maximum atomic E-state index is 13.7. The lowest BCUT2D eigenvalue weighted by molar-refractivity contribution is -0.387. The molecule has 0 radical (unpaired) electrons. The van der Waals surface area contributed by atoms with Crippen molar-refractivity contribution in [1.82, 2.24) is 9.62 Å². The highest BCUT2D eigenvalue weighted by Gasteiger charge is 2.39. The Hall–Kier alpha value is -6.53. The van der Waals surface area contributed by atoms with Crippen molar-refractivity contribution in [1.29, 1.82) is 0 Å². The molecule has 0 saturated carbocycles. The third-order valence-electron chi connectivity index (χ3n) is 8.19. The van der Waals surface area contributed by atoms with E-state index in [0.717, 1.165) is 40.7 Å². The van der Waals surface area contributed by atoms with Gasteiger partial charge in [0.05, 0.1) is 27.7 Å². The molecule has 4 aromatic carbocycles. The molecular weight excluding hydrogens is 706 g/mol. The van der Waals surface area contributed by atoms with Gasteiger partial charge in [0.1, 0.15) is 34.7 Å². The third-order valence-corrected chi connectivity index (χ3v) is 10.1. The van der Waals surface area contributed by atoms with Crippen molar-refractivity contribution < 1.29 is 62.8 Å². The number of nitrogens with one attached hydrogen (secondary N) is 1. The fourth-order valence-corrected chi connectivity index (χ4v) is 7.34. The minimum atomic E-state index is -4.55. The Kier molecular flexibility index (Phi) is 10.4. The summed E-state index contributed by atoms with van der Waals surface area (Å²) in [5, 5.41) is 65.0. The fourth-order valence-electron chi connectivity index (χ4n) is 5.68. The molecule has 5 rings (SSSR count). The number of esters is 1. The standard InChI is InChI=1S/C34H29N3O14S/c38-20-12-10-18(11-13-20)32(43)35-22-17-36(52(49,50)28-9-2-1-6-23(28)37(47)48)14-4-8-27(22)51-34(46)19-15-25(40)30(26(41)16-19)31(42)29-21(33(44)45)5-3-7-24(29)39/h1-3,5-7,9-13,15-16,22,27,38-41H,4,8,14,17H2,(H,35,43)(H,44,45)/t22-,27-/m0/s1. The zero-order valence-electron chi connectivity index (χ0n) is 26.7. The van der Waals surface area contributed by atoms with Crippen LogP contribution in [-0.4, -0.2) is 92.0 Å². The normalized spacial score (nSPS) is 16.3. The van der Waals surface area contributed by atoms with Crippen LogP contribution in [0.1, 0.15) is 59.8 Å². The third kappa shape index (κ3) is 7.47. The number of ketones is 1. The lowest BCUT2D eigenvalue weighted by Crippen LogP contribution is -2.51. The Morgan fingerprint density at radius 3 is 2.13 bits per heavy atom. The van der Waals surface area contributed by atoms with Crippen molar-refractivity contribution in [3.63, 3.8) is 0 Å². The van der Waals surface area contributed by atoms with Gasteiger partial charge in [0.25, 0.3) is 11.6 Å². The molecule has 0 spiro atoms. The number of phenols is 4. The number of carbonyl (C=O) groups is 4. The number of carbonyl (C=O) groups excluding carboxylic acids is 3. The number of hydrogen-bond acceptors (Lipinski definition) is 13. The first-order chi connectivity index (χ1) is 24.6. The number of benzene rings is 4. The highest BCUT2D eigenvalue weighted by Crippen LogP contribution is 2.35. The average molecular weight is 736 g/mol. The second kappa shape index (κ2) is 14.8. The van der Waals surface area contributed by atoms with E-state index in [1.807, 2.05) is 0 Å². The van der Waals surface area contributed by atoms with E-state index in [2.05, 4.69) is 5.32 Å². The molecule has 0 aromatic heterocycles. The number of nitro groups is 1. The Morgan fingerprint density at radius 1 is 0.846 bits per heavy atom. The number of hydrogen-bond donors (Lipinski definition) is 6. The number of amides is 1. The summed E-state index contributed by atoms with van der Waals surface area (Å²) in [4.78, 5) is 61.8. The highest BCUT2D eigenvalue weighted by atomic mass is 32.2. The molecular formula is C34H29N3O14S. The summed E-state index contributed by atoms with van der Waals surface area (Å²) in [6.07, 6.45) is -1.26. The van der Waals surface area contributed by atoms with Crippen LogP contribution in [0.4, 0.5) is 5.69 Å². The van der Waals surface area contributed by atoms with E-state index in [1.165, 1.54) is 42.5 Å². The first-order valence-corrected chi connectivity index (χ1v) is 16.7. The van der Waals surface area contributed by atoms with E-state index in [-0.39, 0.29) is 30.7 Å². The number of para-hydroxylation sites is 1. The van der Waals surface area contributed by atoms with E-state index in [4.69, 9.17) is 4.74 Å². The van der Waals surface area contributed by atoms with Gasteiger partial charge in [-0.05, 0) is 67.4 Å². The number of carboxylic acid groups (broad SMARTS) is 1. The lowest BCUT2D eigenvalue weighted by Gasteiger charge is -2.29. The molecule has 2 atom stereocenters. The van der Waals surface area contributed by atoms with Gasteiger partial charge in [-0.2, -0.15) is 4.31 Å². The van der Waals surface area contributed by atoms with Gasteiger partial charge in [0, 0.05) is 24.7 Å². The van der Waals surface area contributed by atoms with Gasteiger partial charge in [-0.3, -0.25) is 19.7 Å². The molecule has 1 amide bonds. The Labute approximate surface area is 294 Å². The van der Waals surface area contributed by atoms with E-state index in [0.29, 0.717) is 0 Å². The lowest BCUT2D eigenvalue weighted by atomic mass is 9.95. The Bertz CT molecular complexity index is 2180. The monoisotopic (exact) mass is 735 g/mol. The highest BCUT2D eigenvalue weighted by molar-refractivity contribution is 7.89. The molecule has 4 aromatic rings. The summed E-state index contributed by atoms with van der Waals surface area (Å²) in [6, 6.07) is 13.2. The fraction of sp³-hybridized carbons (Fsp3) is 0.176. The number of nitrogens with zero attached hydrogens (tertiary/aromatic N) is 2. The molecule has 1 aliphatic heterocycles. The van der Waals surface area contributed by atoms with Crippen molar-refractivity contribution in [2.45, 2.75) is 29.9 Å². The number of nitro benzene ring substituents is 1. The van der Waals surface area contributed by atoms with Crippen molar-refractivity contribution >= 4 is 39.3 Å². The number of aromatic hydroxyl groups is 4. The molecule has 1 fully saturated rings. The molecule has 0 bridgehead atoms. The van der Waals surface area contributed by atoms with Crippen LogP contribution in [0.15, 0.2) is 83.8 Å². The van der Waals surface area contributed by atoms with Crippen LogP contribution in [0, 0.1) is 10.1 Å². The molecule has 6 N–H and O–H groups in total. The van der Waals surface area contributed by atoms with Crippen molar-refractivity contribution in [3.8, 4) is 23.0 Å². The second-order valence-corrected chi connectivity index (χ2v) is 13.4. The molecule has 0 unspecified atom stereocenters. The first-order valence-electron chi connectivity index (χ1n) is 15.3. The maximum Gasteiger partial charge on any atom is 0.338 e. The van der Waals surface area contributed by atoms with Gasteiger partial charge >= 0.3 is 11.9 Å². The smallest absolute Gasteiger partial charge is 0.338 e. The summed E-state index contributed by atoms with van der Waals surface area (Å²) in [5.74, 6) is -7.64. The van der Waals surface area contributed by atoms with E-state index < -0.39 is 107 Å². The average Bonchev–Trinajstić information content (AvgIpc) is 3.30. The van der Waals surface area contributed by atoms with Gasteiger partial charge in [-0.25, -0.2) is 18.0 Å². The van der Waals surface area contributed by atoms with Gasteiger partial charge in [0.2, 0.25) is 15.8 Å². The number of aromatic carboxylic acids is 1. The van der Waals surface area contributed by atoms with Crippen LogP contribution in [0.25, 0.3) is 0 Å². The first kappa shape index (κ1) is 36.7. The SMILES string of the molecule is O=C(N[C@H]1CN(S(=O)(=O)c2ccccc2[N+](=O)[O-])CCC[C@@H]1OC(=O)c1cc(O)c(C(=O)c2c(O)cccc2C(=O)O)c(O)c1)c1ccc(O)cc1. The molecule has 18 heteroatoms. The second-order valence-electron chi connectivity index (χ2n) is 11.5. The number of ether oxygens (including phenoxy) is 1. The molecule has 0 aliphatic carbocycles. The number of sulfonamides is 1. The van der Waals surface area contributed by atoms with E-state index >= 15 is 0 Å². The van der Waals surface area contributed by atoms with Gasteiger partial charge in [-0.1, -0.05) is 18.2 Å². The largest absolute Gasteiger partial charge is 0.508 e. The van der Waals surface area contributed by atoms with Crippen LogP contribution in [0.5, 0.6) is 23.0 Å². The van der Waals surface area contributed by atoms with Crippen LogP contribution < -0.4 is 5.32 Å². The molecule has 1 heterocycles. The summed E-state index contributed by atoms with van der Waals surface area (Å²) in [6.45, 7) is -0.719. The van der Waals surface area contributed by atoms with Gasteiger partial charge in [0.15, 0.2) is 4.90 Å². The number of carboxylic acids is 1. The number of rotatable bonds is 10. The van der Waals surface area contributed by atoms with Crippen LogP contribution in [-0.2, 0) is 14.8 Å². The van der Waals surface area contributed by atoms with Gasteiger partial charge < -0.3 is 35.6 Å². The quantitative estimate of drug-likeness (QED) is 0.0591. The van der Waals surface area contributed by atoms with Crippen molar-refractivity contribution in [2.75, 3.05) is 13.1 Å². The van der Waals surface area contributed by atoms with Gasteiger partial charge in [-0.15, -0.1) is 0 Å². The maximum absolute atomic E-state index is 13.7. The van der Waals surface area contributed by atoms with Crippen molar-refractivity contribution in [2.24, 2.45) is 0 Å². The molecule has 270 valence electrons. The van der Waals surface area contributed by atoms with E-state index in [1.54, 1.807) is 0 Å². The summed E-state index contributed by atoms with van der Waals surface area (Å²) < 4.78 is 34.1. The van der Waals surface area contributed by atoms with Crippen molar-refractivity contribution in [3.05, 3.63) is 117 Å². The Balaban J connectivity index is 1.46. The Morgan fingerprint density at radius 2 is 1.50 bits per heavy atom. The predicted octanol–water partition coefficient (Wildman–Crippen LogP) is 3.16. The predicted molar refractivity (Wildman–Crippen MR) is 178 cm³/mol. The zero-order chi connectivity index (χ0) is 37.9. The molecule has 1 saturated heterocycles. The topological polar surface area (TPSA) is 271 Å². The number of phenolic OH excluding ortho intramolecular Hbond substituents is 4. The summed E-state index contributed by atoms with van der Waals surface area (Å²) in [5.41, 5.74) is -3.32. The molecule has 17 nitrogen and oxygen atoms in total. The minimum absolute atomic E-state index is 0.0415. The van der Waals surface area contributed by atoms with E-state index in [9.17, 15) is 63.2 Å².